The molecule has 0 radical (unpaired) electrons. The second-order valence-corrected chi connectivity index (χ2v) is 15.6. The predicted molar refractivity (Wildman–Crippen MR) is 208 cm³/mol. The van der Waals surface area contributed by atoms with Gasteiger partial charge in [0.15, 0.2) is 0 Å². The highest BCUT2D eigenvalue weighted by atomic mass is 32.2. The Morgan fingerprint density at radius 2 is 1.44 bits per heavy atom. The van der Waals surface area contributed by atoms with Gasteiger partial charge in [-0.05, 0) is 100 Å². The molecular formula is C41H55N7O3S. The van der Waals surface area contributed by atoms with Gasteiger partial charge in [-0.1, -0.05) is 61.5 Å². The number of H-pyrrole nitrogens is 2. The normalized spacial score (nSPS) is 14.0. The number of hydrogen-bond donors (Lipinski definition) is 4. The van der Waals surface area contributed by atoms with E-state index < -0.39 is 21.6 Å². The molecule has 11 heteroatoms. The topological polar surface area (TPSA) is 128 Å². The Morgan fingerprint density at radius 1 is 0.808 bits per heavy atom. The van der Waals surface area contributed by atoms with Crippen molar-refractivity contribution in [3.63, 3.8) is 0 Å². The van der Waals surface area contributed by atoms with Gasteiger partial charge in [-0.25, -0.2) is 23.1 Å². The first-order valence-electron chi connectivity index (χ1n) is 18.4. The summed E-state index contributed by atoms with van der Waals surface area (Å²) in [6.45, 7) is 11.0. The fourth-order valence-corrected chi connectivity index (χ4v) is 8.54. The van der Waals surface area contributed by atoms with Crippen molar-refractivity contribution in [1.82, 2.24) is 34.9 Å². The quantitative estimate of drug-likeness (QED) is 0.0617. The highest BCUT2D eigenvalue weighted by Gasteiger charge is 2.43. The third-order valence-corrected chi connectivity index (χ3v) is 11.8. The molecule has 0 aliphatic rings. The van der Waals surface area contributed by atoms with Crippen molar-refractivity contribution >= 4 is 10.0 Å². The molecule has 2 atom stereocenters. The van der Waals surface area contributed by atoms with Crippen molar-refractivity contribution in [2.75, 3.05) is 26.7 Å². The number of hydrogen-bond acceptors (Lipinski definition) is 7. The fourth-order valence-electron chi connectivity index (χ4n) is 7.25. The summed E-state index contributed by atoms with van der Waals surface area (Å²) in [5.74, 6) is 2.57. The van der Waals surface area contributed by atoms with Crippen molar-refractivity contribution in [3.05, 3.63) is 132 Å². The van der Waals surface area contributed by atoms with Crippen LogP contribution in [0.25, 0.3) is 0 Å². The monoisotopic (exact) mass is 725 g/mol. The Bertz CT molecular complexity index is 1860. The number of rotatable bonds is 21. The van der Waals surface area contributed by atoms with E-state index >= 15 is 0 Å². The fraction of sp³-hybridized carbons (Fsp3) is 0.415. The first kappa shape index (κ1) is 38.9. The Morgan fingerprint density at radius 3 is 2.02 bits per heavy atom. The molecule has 5 rings (SSSR count). The molecule has 0 saturated carbocycles. The first-order valence-corrected chi connectivity index (χ1v) is 19.8. The molecular weight excluding hydrogens is 671 g/mol. The summed E-state index contributed by atoms with van der Waals surface area (Å²) in [4.78, 5) is 17.9. The molecule has 0 fully saturated rings. The molecule has 0 aliphatic carbocycles. The first-order chi connectivity index (χ1) is 25.1. The largest absolute Gasteiger partial charge is 0.497 e. The van der Waals surface area contributed by atoms with E-state index in [4.69, 9.17) is 4.74 Å². The average Bonchev–Trinajstić information content (AvgIpc) is 3.88. The minimum atomic E-state index is -3.84. The standard InChI is InChI=1S/C41H55N7O3S/c1-6-41(35-12-8-7-9-13-35,32(2)47-52(49,50)37-22-20-36(51-5)21-23-37)48(30-11-15-39-44-28-29-45-39)31-24-33-16-18-34(19-17-33)40(3,4)46-25-10-14-38-42-26-27-43-38/h7-9,12-13,16-23,26-29,32,46-47H,6,10-11,14-15,24-25,30-31H2,1-5H3,(H,42,43)(H,44,45). The number of ether oxygens (including phenoxy) is 1. The summed E-state index contributed by atoms with van der Waals surface area (Å²) in [5, 5.41) is 3.72. The lowest BCUT2D eigenvalue weighted by Gasteiger charge is -2.48. The van der Waals surface area contributed by atoms with Crippen LogP contribution in [0.3, 0.4) is 0 Å². The van der Waals surface area contributed by atoms with Gasteiger partial charge < -0.3 is 20.0 Å². The third kappa shape index (κ3) is 9.77. The van der Waals surface area contributed by atoms with Gasteiger partial charge in [-0.2, -0.15) is 0 Å². The van der Waals surface area contributed by atoms with Gasteiger partial charge in [0.2, 0.25) is 10.0 Å². The van der Waals surface area contributed by atoms with E-state index in [0.717, 1.165) is 69.0 Å². The van der Waals surface area contributed by atoms with Crippen LogP contribution in [0.15, 0.2) is 109 Å². The van der Waals surface area contributed by atoms with Crippen LogP contribution in [-0.2, 0) is 40.4 Å². The number of aromatic nitrogens is 4. The Labute approximate surface area is 309 Å². The molecule has 10 nitrogen and oxygen atoms in total. The zero-order valence-corrected chi connectivity index (χ0v) is 32.0. The number of nitrogens with zero attached hydrogens (tertiary/aromatic N) is 3. The maximum atomic E-state index is 13.9. The number of imidazole rings is 2. The van der Waals surface area contributed by atoms with Gasteiger partial charge in [0.25, 0.3) is 0 Å². The zero-order chi connectivity index (χ0) is 37.0. The van der Waals surface area contributed by atoms with Crippen molar-refractivity contribution in [2.24, 2.45) is 0 Å². The minimum absolute atomic E-state index is 0.180. The van der Waals surface area contributed by atoms with E-state index in [9.17, 15) is 8.42 Å². The van der Waals surface area contributed by atoms with E-state index in [1.54, 1.807) is 43.8 Å². The van der Waals surface area contributed by atoms with Crippen LogP contribution >= 0.6 is 0 Å². The molecule has 0 amide bonds. The second kappa shape index (κ2) is 18.0. The van der Waals surface area contributed by atoms with Gasteiger partial charge in [0, 0.05) is 55.8 Å². The predicted octanol–water partition coefficient (Wildman–Crippen LogP) is 6.75. The van der Waals surface area contributed by atoms with Gasteiger partial charge >= 0.3 is 0 Å². The van der Waals surface area contributed by atoms with Crippen LogP contribution in [0.2, 0.25) is 0 Å². The molecule has 278 valence electrons. The molecule has 2 aromatic heterocycles. The molecule has 52 heavy (non-hydrogen) atoms. The lowest BCUT2D eigenvalue weighted by molar-refractivity contribution is 0.0533. The highest BCUT2D eigenvalue weighted by Crippen LogP contribution is 2.37. The second-order valence-electron chi connectivity index (χ2n) is 13.9. The van der Waals surface area contributed by atoms with Gasteiger partial charge in [0.05, 0.1) is 17.5 Å². The lowest BCUT2D eigenvalue weighted by Crippen LogP contribution is -2.59. The molecule has 5 aromatic rings. The molecule has 2 unspecified atom stereocenters. The van der Waals surface area contributed by atoms with E-state index in [1.807, 2.05) is 37.5 Å². The van der Waals surface area contributed by atoms with E-state index in [1.165, 1.54) is 11.1 Å². The summed E-state index contributed by atoms with van der Waals surface area (Å²) in [6, 6.07) is 25.3. The molecule has 2 heterocycles. The van der Waals surface area contributed by atoms with Crippen LogP contribution in [-0.4, -0.2) is 66.0 Å². The van der Waals surface area contributed by atoms with Crippen LogP contribution in [0.5, 0.6) is 5.75 Å². The number of benzene rings is 3. The zero-order valence-electron chi connectivity index (χ0n) is 31.2. The highest BCUT2D eigenvalue weighted by molar-refractivity contribution is 7.89. The van der Waals surface area contributed by atoms with Crippen molar-refractivity contribution in [2.45, 2.75) is 88.2 Å². The summed E-state index contributed by atoms with van der Waals surface area (Å²) < 4.78 is 36.1. The van der Waals surface area contributed by atoms with Gasteiger partial charge in [-0.3, -0.25) is 4.90 Å². The summed E-state index contributed by atoms with van der Waals surface area (Å²) in [6.07, 6.45) is 12.4. The van der Waals surface area contributed by atoms with Crippen molar-refractivity contribution in [3.8, 4) is 5.75 Å². The number of nitrogens with one attached hydrogen (secondary N) is 4. The van der Waals surface area contributed by atoms with Crippen LogP contribution in [0.4, 0.5) is 0 Å². The smallest absolute Gasteiger partial charge is 0.240 e. The molecule has 4 N–H and O–H groups in total. The van der Waals surface area contributed by atoms with Gasteiger partial charge in [0.1, 0.15) is 17.4 Å². The number of aryl methyl sites for hydroxylation is 2. The van der Waals surface area contributed by atoms with Crippen molar-refractivity contribution < 1.29 is 13.2 Å². The molecule has 0 bridgehead atoms. The Balaban J connectivity index is 1.37. The van der Waals surface area contributed by atoms with E-state index in [0.29, 0.717) is 12.2 Å². The lowest BCUT2D eigenvalue weighted by atomic mass is 9.79. The van der Waals surface area contributed by atoms with Crippen LogP contribution in [0, 0.1) is 0 Å². The molecule has 0 saturated heterocycles. The summed E-state index contributed by atoms with van der Waals surface area (Å²) in [5.41, 5.74) is 2.73. The Kier molecular flexibility index (Phi) is 13.4. The molecule has 0 aliphatic heterocycles. The van der Waals surface area contributed by atoms with Gasteiger partial charge in [-0.15, -0.1) is 0 Å². The summed E-state index contributed by atoms with van der Waals surface area (Å²) in [7, 11) is -2.27. The third-order valence-electron chi connectivity index (χ3n) is 10.2. The SMILES string of the molecule is CCC(c1ccccc1)(C(C)NS(=O)(=O)c1ccc(OC)cc1)N(CCCc1ncc[nH]1)CCc1ccc(C(C)(C)NCCCc2ncc[nH]2)cc1. The van der Waals surface area contributed by atoms with Crippen LogP contribution < -0.4 is 14.8 Å². The Hall–Kier alpha value is -4.29. The maximum Gasteiger partial charge on any atom is 0.240 e. The maximum absolute atomic E-state index is 13.9. The average molecular weight is 726 g/mol. The number of aromatic amines is 2. The number of sulfonamides is 1. The van der Waals surface area contributed by atoms with E-state index in [2.05, 4.69) is 92.0 Å². The molecule has 3 aromatic carbocycles. The van der Waals surface area contributed by atoms with E-state index in [-0.39, 0.29) is 10.4 Å². The minimum Gasteiger partial charge on any atom is -0.497 e. The molecule has 0 spiro atoms. The van der Waals surface area contributed by atoms with Crippen LogP contribution in [0.1, 0.15) is 75.3 Å². The van der Waals surface area contributed by atoms with Crippen molar-refractivity contribution in [1.29, 1.82) is 0 Å². The number of methoxy groups -OCH3 is 1. The summed E-state index contributed by atoms with van der Waals surface area (Å²) >= 11 is 0.